The number of nitrogens with zero attached hydrogens (tertiary/aromatic N) is 2. The second-order valence-electron chi connectivity index (χ2n) is 4.56. The van der Waals surface area contributed by atoms with Crippen molar-refractivity contribution < 1.29 is 0 Å². The summed E-state index contributed by atoms with van der Waals surface area (Å²) in [5.41, 5.74) is 9.83. The van der Waals surface area contributed by atoms with Gasteiger partial charge in [0.15, 0.2) is 0 Å². The average molecular weight is 284 g/mol. The van der Waals surface area contributed by atoms with Gasteiger partial charge in [-0.15, -0.1) is 11.3 Å². The molecule has 0 aliphatic rings. The van der Waals surface area contributed by atoms with Crippen LogP contribution < -0.4 is 5.73 Å². The highest BCUT2D eigenvalue weighted by atomic mass is 35.5. The smallest absolute Gasteiger partial charge is 0.0931 e. The molecule has 1 atom stereocenters. The molecule has 2 aromatic rings. The summed E-state index contributed by atoms with van der Waals surface area (Å²) in [5.74, 6) is 0. The monoisotopic (exact) mass is 283 g/mol. The molecule has 0 fully saturated rings. The van der Waals surface area contributed by atoms with E-state index in [1.165, 1.54) is 11.3 Å². The van der Waals surface area contributed by atoms with Crippen molar-refractivity contribution in [1.82, 2.24) is 9.78 Å². The van der Waals surface area contributed by atoms with Gasteiger partial charge in [0.05, 0.1) is 10.0 Å². The molecule has 2 N–H and O–H groups in total. The largest absolute Gasteiger partial charge is 0.323 e. The number of nitrogens with two attached hydrogens (primary N) is 1. The van der Waals surface area contributed by atoms with Crippen molar-refractivity contribution in [3.8, 4) is 0 Å². The van der Waals surface area contributed by atoms with Gasteiger partial charge in [-0.2, -0.15) is 5.10 Å². The van der Waals surface area contributed by atoms with Gasteiger partial charge in [-0.25, -0.2) is 0 Å². The van der Waals surface area contributed by atoms with Crippen LogP contribution in [0.15, 0.2) is 12.1 Å². The van der Waals surface area contributed by atoms with E-state index in [4.69, 9.17) is 17.3 Å². The van der Waals surface area contributed by atoms with Crippen molar-refractivity contribution in [3.63, 3.8) is 0 Å². The topological polar surface area (TPSA) is 43.8 Å². The Bertz CT molecular complexity index is 544. The maximum absolute atomic E-state index is 6.19. The molecule has 0 saturated carbocycles. The quantitative estimate of drug-likeness (QED) is 0.935. The maximum Gasteiger partial charge on any atom is 0.0931 e. The molecule has 98 valence electrons. The molecule has 0 bridgehead atoms. The van der Waals surface area contributed by atoms with Gasteiger partial charge in [-0.05, 0) is 44.4 Å². The fraction of sp³-hybridized carbons (Fsp3) is 0.462. The number of halogens is 1. The molecule has 2 heterocycles. The lowest BCUT2D eigenvalue weighted by atomic mass is 10.0. The van der Waals surface area contributed by atoms with Crippen molar-refractivity contribution in [1.29, 1.82) is 0 Å². The highest BCUT2D eigenvalue weighted by Crippen LogP contribution is 2.28. The number of aromatic nitrogens is 2. The SMILES string of the molecule is Cc1nn(C)c(C)c1CCC(N)c1ccc(Cl)s1. The van der Waals surface area contributed by atoms with Crippen molar-refractivity contribution in [2.24, 2.45) is 12.8 Å². The van der Waals surface area contributed by atoms with Crippen LogP contribution in [0.4, 0.5) is 0 Å². The van der Waals surface area contributed by atoms with Crippen LogP contribution >= 0.6 is 22.9 Å². The van der Waals surface area contributed by atoms with Gasteiger partial charge in [0, 0.05) is 23.7 Å². The average Bonchev–Trinajstić information content (AvgIpc) is 2.83. The standard InChI is InChI=1S/C13H18ClN3S/c1-8-10(9(2)17(3)16-8)4-5-11(15)12-6-7-13(14)18-12/h6-7,11H,4-5,15H2,1-3H3. The third kappa shape index (κ3) is 2.76. The summed E-state index contributed by atoms with van der Waals surface area (Å²) >= 11 is 7.49. The van der Waals surface area contributed by atoms with Crippen LogP contribution in [0.5, 0.6) is 0 Å². The Kier molecular flexibility index (Phi) is 4.10. The first-order chi connectivity index (χ1) is 8.49. The molecule has 0 amide bonds. The zero-order chi connectivity index (χ0) is 13.3. The minimum Gasteiger partial charge on any atom is -0.323 e. The van der Waals surface area contributed by atoms with Gasteiger partial charge in [0.1, 0.15) is 0 Å². The van der Waals surface area contributed by atoms with E-state index in [-0.39, 0.29) is 6.04 Å². The fourth-order valence-corrected chi connectivity index (χ4v) is 3.25. The van der Waals surface area contributed by atoms with Crippen LogP contribution in [0, 0.1) is 13.8 Å². The number of hydrogen-bond acceptors (Lipinski definition) is 3. The second-order valence-corrected chi connectivity index (χ2v) is 6.31. The zero-order valence-electron chi connectivity index (χ0n) is 10.9. The number of thiophene rings is 1. The Morgan fingerprint density at radius 2 is 2.17 bits per heavy atom. The first-order valence-corrected chi connectivity index (χ1v) is 7.18. The Morgan fingerprint density at radius 1 is 1.44 bits per heavy atom. The van der Waals surface area contributed by atoms with Crippen LogP contribution in [0.3, 0.4) is 0 Å². The van der Waals surface area contributed by atoms with E-state index in [1.54, 1.807) is 11.3 Å². The predicted molar refractivity (Wildman–Crippen MR) is 77.3 cm³/mol. The highest BCUT2D eigenvalue weighted by molar-refractivity contribution is 7.16. The summed E-state index contributed by atoms with van der Waals surface area (Å²) < 4.78 is 2.73. The minimum absolute atomic E-state index is 0.0570. The number of aryl methyl sites for hydroxylation is 2. The van der Waals surface area contributed by atoms with Crippen LogP contribution in [-0.2, 0) is 13.5 Å². The molecule has 0 aliphatic heterocycles. The van der Waals surface area contributed by atoms with Gasteiger partial charge in [-0.1, -0.05) is 11.6 Å². The Balaban J connectivity index is 2.03. The summed E-state index contributed by atoms with van der Waals surface area (Å²) in [7, 11) is 1.98. The zero-order valence-corrected chi connectivity index (χ0v) is 12.5. The van der Waals surface area contributed by atoms with Crippen LogP contribution in [-0.4, -0.2) is 9.78 Å². The summed E-state index contributed by atoms with van der Waals surface area (Å²) in [5, 5.41) is 4.42. The Hall–Kier alpha value is -0.840. The summed E-state index contributed by atoms with van der Waals surface area (Å²) in [6.45, 7) is 4.15. The molecule has 3 nitrogen and oxygen atoms in total. The lowest BCUT2D eigenvalue weighted by Crippen LogP contribution is -2.10. The summed E-state index contributed by atoms with van der Waals surface area (Å²) in [4.78, 5) is 1.15. The van der Waals surface area contributed by atoms with Crippen molar-refractivity contribution in [2.45, 2.75) is 32.7 Å². The minimum atomic E-state index is 0.0570. The maximum atomic E-state index is 6.19. The number of rotatable bonds is 4. The molecular formula is C13H18ClN3S. The Labute approximate surface area is 117 Å². The second kappa shape index (κ2) is 5.43. The normalized spacial score (nSPS) is 12.9. The van der Waals surface area contributed by atoms with E-state index in [2.05, 4.69) is 18.9 Å². The molecule has 0 saturated heterocycles. The van der Waals surface area contributed by atoms with Crippen LogP contribution in [0.2, 0.25) is 4.34 Å². The third-order valence-corrected chi connectivity index (χ3v) is 4.69. The molecule has 1 unspecified atom stereocenters. The van der Waals surface area contributed by atoms with E-state index in [0.717, 1.165) is 27.7 Å². The summed E-state index contributed by atoms with van der Waals surface area (Å²) in [6, 6.07) is 3.98. The molecule has 2 rings (SSSR count). The molecule has 0 spiro atoms. The first kappa shape index (κ1) is 13.6. The van der Waals surface area contributed by atoms with E-state index in [0.29, 0.717) is 0 Å². The third-order valence-electron chi connectivity index (χ3n) is 3.32. The molecule has 0 aliphatic carbocycles. The van der Waals surface area contributed by atoms with Gasteiger partial charge < -0.3 is 5.73 Å². The van der Waals surface area contributed by atoms with Gasteiger partial charge >= 0.3 is 0 Å². The van der Waals surface area contributed by atoms with Gasteiger partial charge in [0.25, 0.3) is 0 Å². The first-order valence-electron chi connectivity index (χ1n) is 5.99. The highest BCUT2D eigenvalue weighted by Gasteiger charge is 2.13. The van der Waals surface area contributed by atoms with E-state index in [1.807, 2.05) is 23.9 Å². The van der Waals surface area contributed by atoms with Crippen LogP contribution in [0.25, 0.3) is 0 Å². The summed E-state index contributed by atoms with van der Waals surface area (Å²) in [6.07, 6.45) is 1.88. The van der Waals surface area contributed by atoms with Crippen molar-refractivity contribution in [2.75, 3.05) is 0 Å². The lowest BCUT2D eigenvalue weighted by molar-refractivity contribution is 0.657. The van der Waals surface area contributed by atoms with E-state index in [9.17, 15) is 0 Å². The lowest BCUT2D eigenvalue weighted by Gasteiger charge is -2.09. The van der Waals surface area contributed by atoms with Gasteiger partial charge in [-0.3, -0.25) is 4.68 Å². The molecule has 0 radical (unpaired) electrons. The van der Waals surface area contributed by atoms with Crippen LogP contribution in [0.1, 0.15) is 34.3 Å². The molecule has 18 heavy (non-hydrogen) atoms. The molecule has 5 heteroatoms. The van der Waals surface area contributed by atoms with Gasteiger partial charge in [0.2, 0.25) is 0 Å². The predicted octanol–water partition coefficient (Wildman–Crippen LogP) is 3.38. The van der Waals surface area contributed by atoms with E-state index >= 15 is 0 Å². The molecular weight excluding hydrogens is 266 g/mol. The number of hydrogen-bond donors (Lipinski definition) is 1. The van der Waals surface area contributed by atoms with Crippen molar-refractivity contribution in [3.05, 3.63) is 38.3 Å². The fourth-order valence-electron chi connectivity index (χ4n) is 2.15. The Morgan fingerprint density at radius 3 is 2.67 bits per heavy atom. The molecule has 0 aromatic carbocycles. The molecule has 2 aromatic heterocycles. The van der Waals surface area contributed by atoms with Crippen molar-refractivity contribution >= 4 is 22.9 Å². The van der Waals surface area contributed by atoms with E-state index < -0.39 is 0 Å².